The van der Waals surface area contributed by atoms with Crippen molar-refractivity contribution in [2.24, 2.45) is 0 Å². The van der Waals surface area contributed by atoms with Crippen LogP contribution in [0.15, 0.2) is 18.3 Å². The second-order valence-electron chi connectivity index (χ2n) is 5.99. The molecule has 2 N–H and O–H groups in total. The van der Waals surface area contributed by atoms with Crippen LogP contribution in [0.2, 0.25) is 0 Å². The molecular weight excluding hydrogens is 264 g/mol. The van der Waals surface area contributed by atoms with Crippen molar-refractivity contribution in [1.82, 2.24) is 15.2 Å². The summed E-state index contributed by atoms with van der Waals surface area (Å²) >= 11 is 0. The summed E-state index contributed by atoms with van der Waals surface area (Å²) in [6.45, 7) is 5.00. The molecule has 0 aliphatic carbocycles. The number of anilines is 1. The van der Waals surface area contributed by atoms with Crippen molar-refractivity contribution < 1.29 is 4.79 Å². The normalized spacial score (nSPS) is 25.4. The van der Waals surface area contributed by atoms with Gasteiger partial charge in [-0.2, -0.15) is 0 Å². The first-order valence-electron chi connectivity index (χ1n) is 8.01. The number of rotatable bonds is 4. The van der Waals surface area contributed by atoms with Crippen molar-refractivity contribution in [2.45, 2.75) is 44.7 Å². The maximum atomic E-state index is 11.8. The zero-order valence-corrected chi connectivity index (χ0v) is 12.6. The number of hydrogen-bond acceptors (Lipinski definition) is 4. The van der Waals surface area contributed by atoms with Crippen LogP contribution in [-0.2, 0) is 0 Å². The molecule has 2 aliphatic heterocycles. The number of hydrogen-bond donors (Lipinski definition) is 2. The fourth-order valence-electron chi connectivity index (χ4n) is 3.49. The first-order valence-corrected chi connectivity index (χ1v) is 8.01. The molecule has 2 unspecified atom stereocenters. The molecule has 0 spiro atoms. The summed E-state index contributed by atoms with van der Waals surface area (Å²) in [6, 6.07) is 5.06. The lowest BCUT2D eigenvalue weighted by Crippen LogP contribution is -2.42. The minimum absolute atomic E-state index is 0.105. The van der Waals surface area contributed by atoms with E-state index in [0.717, 1.165) is 11.7 Å². The van der Waals surface area contributed by atoms with Gasteiger partial charge in [-0.3, -0.25) is 9.78 Å². The predicted octanol–water partition coefficient (Wildman–Crippen LogP) is 1.87. The van der Waals surface area contributed by atoms with Crippen molar-refractivity contribution in [2.75, 3.05) is 25.0 Å². The fourth-order valence-corrected chi connectivity index (χ4v) is 3.49. The van der Waals surface area contributed by atoms with E-state index < -0.39 is 0 Å². The van der Waals surface area contributed by atoms with Crippen LogP contribution >= 0.6 is 0 Å². The van der Waals surface area contributed by atoms with Crippen LogP contribution in [0.4, 0.5) is 5.69 Å². The van der Waals surface area contributed by atoms with E-state index in [4.69, 9.17) is 0 Å². The van der Waals surface area contributed by atoms with Crippen LogP contribution < -0.4 is 10.6 Å². The maximum Gasteiger partial charge on any atom is 0.269 e. The van der Waals surface area contributed by atoms with Gasteiger partial charge in [0.2, 0.25) is 0 Å². The molecule has 1 amide bonds. The van der Waals surface area contributed by atoms with Crippen LogP contribution in [0.1, 0.15) is 43.1 Å². The summed E-state index contributed by atoms with van der Waals surface area (Å²) in [7, 11) is 0. The number of amides is 1. The monoisotopic (exact) mass is 288 g/mol. The number of aromatic nitrogens is 1. The van der Waals surface area contributed by atoms with Gasteiger partial charge in [-0.05, 0) is 51.3 Å². The first kappa shape index (κ1) is 14.3. The molecule has 3 rings (SSSR count). The van der Waals surface area contributed by atoms with Crippen molar-refractivity contribution >= 4 is 11.6 Å². The topological polar surface area (TPSA) is 57.3 Å². The summed E-state index contributed by atoms with van der Waals surface area (Å²) in [4.78, 5) is 18.6. The van der Waals surface area contributed by atoms with E-state index in [2.05, 4.69) is 20.5 Å². The Morgan fingerprint density at radius 3 is 3.19 bits per heavy atom. The summed E-state index contributed by atoms with van der Waals surface area (Å²) in [5, 5.41) is 6.37. The van der Waals surface area contributed by atoms with Gasteiger partial charge in [-0.25, -0.2) is 0 Å². The molecule has 0 saturated carbocycles. The fraction of sp³-hybridized carbons (Fsp3) is 0.625. The Kier molecular flexibility index (Phi) is 4.39. The summed E-state index contributed by atoms with van der Waals surface area (Å²) in [5.41, 5.74) is 1.49. The van der Waals surface area contributed by atoms with Crippen LogP contribution in [0, 0.1) is 0 Å². The molecule has 5 heteroatoms. The van der Waals surface area contributed by atoms with Crippen LogP contribution in [0.5, 0.6) is 0 Å². The molecule has 0 aromatic carbocycles. The largest absolute Gasteiger partial charge is 0.382 e. The Balaban J connectivity index is 1.62. The van der Waals surface area contributed by atoms with Gasteiger partial charge in [0.25, 0.3) is 5.91 Å². The molecule has 114 valence electrons. The zero-order valence-electron chi connectivity index (χ0n) is 12.6. The highest BCUT2D eigenvalue weighted by Gasteiger charge is 2.31. The average molecular weight is 288 g/mol. The Hall–Kier alpha value is -1.62. The summed E-state index contributed by atoms with van der Waals surface area (Å²) in [5.74, 6) is -0.105. The lowest BCUT2D eigenvalue weighted by Gasteiger charge is -2.35. The third-order valence-corrected chi connectivity index (χ3v) is 4.52. The molecular formula is C16H24N4O. The van der Waals surface area contributed by atoms with Crippen LogP contribution in [0.3, 0.4) is 0 Å². The number of carbonyl (C=O) groups is 1. The highest BCUT2D eigenvalue weighted by molar-refractivity contribution is 5.93. The van der Waals surface area contributed by atoms with E-state index in [1.54, 1.807) is 6.20 Å². The number of fused-ring (bicyclic) bond motifs is 1. The first-order chi connectivity index (χ1) is 10.3. The van der Waals surface area contributed by atoms with Crippen LogP contribution in [0.25, 0.3) is 0 Å². The minimum Gasteiger partial charge on any atom is -0.382 e. The molecule has 1 aromatic heterocycles. The quantitative estimate of drug-likeness (QED) is 0.888. The second-order valence-corrected chi connectivity index (χ2v) is 5.99. The summed E-state index contributed by atoms with van der Waals surface area (Å²) in [6.07, 6.45) is 6.76. The summed E-state index contributed by atoms with van der Waals surface area (Å²) < 4.78 is 0. The Morgan fingerprint density at radius 1 is 1.43 bits per heavy atom. The van der Waals surface area contributed by atoms with Crippen molar-refractivity contribution in [1.29, 1.82) is 0 Å². The molecule has 2 saturated heterocycles. The van der Waals surface area contributed by atoms with E-state index >= 15 is 0 Å². The van der Waals surface area contributed by atoms with Crippen molar-refractivity contribution in [3.8, 4) is 0 Å². The SMILES string of the molecule is CCNC(=O)c1cc(NC2CCN3CCCC3C2)ccn1. The third-order valence-electron chi connectivity index (χ3n) is 4.52. The maximum absolute atomic E-state index is 11.8. The van der Waals surface area contributed by atoms with Crippen molar-refractivity contribution in [3.63, 3.8) is 0 Å². The molecule has 1 aromatic rings. The average Bonchev–Trinajstić information content (AvgIpc) is 2.95. The number of nitrogens with zero attached hydrogens (tertiary/aromatic N) is 2. The Labute approximate surface area is 126 Å². The third kappa shape index (κ3) is 3.35. The highest BCUT2D eigenvalue weighted by Crippen LogP contribution is 2.28. The molecule has 5 nitrogen and oxygen atoms in total. The van der Waals surface area contributed by atoms with Gasteiger partial charge >= 0.3 is 0 Å². The zero-order chi connectivity index (χ0) is 14.7. The Morgan fingerprint density at radius 2 is 2.33 bits per heavy atom. The lowest BCUT2D eigenvalue weighted by atomic mass is 9.97. The minimum atomic E-state index is -0.105. The molecule has 2 atom stereocenters. The van der Waals surface area contributed by atoms with E-state index in [1.807, 2.05) is 19.1 Å². The standard InChI is InChI=1S/C16H24N4O/c1-2-17-16(21)15-11-12(5-7-18-15)19-13-6-9-20-8-3-4-14(20)10-13/h5,7,11,13-14H,2-4,6,8-10H2,1H3,(H,17,21)(H,18,19). The Bertz CT molecular complexity index is 505. The van der Waals surface area contributed by atoms with Gasteiger partial charge in [0, 0.05) is 37.1 Å². The smallest absolute Gasteiger partial charge is 0.269 e. The molecule has 0 radical (unpaired) electrons. The van der Waals surface area contributed by atoms with E-state index in [0.29, 0.717) is 18.3 Å². The number of piperidine rings is 1. The van der Waals surface area contributed by atoms with Gasteiger partial charge in [-0.1, -0.05) is 0 Å². The molecule has 2 fully saturated rings. The van der Waals surface area contributed by atoms with Gasteiger partial charge in [0.05, 0.1) is 0 Å². The molecule has 3 heterocycles. The number of pyridine rings is 1. The van der Waals surface area contributed by atoms with E-state index in [9.17, 15) is 4.79 Å². The number of nitrogens with one attached hydrogen (secondary N) is 2. The van der Waals surface area contributed by atoms with Gasteiger partial charge < -0.3 is 15.5 Å². The highest BCUT2D eigenvalue weighted by atomic mass is 16.1. The molecule has 2 aliphatic rings. The number of carbonyl (C=O) groups excluding carboxylic acids is 1. The van der Waals surface area contributed by atoms with E-state index in [1.165, 1.54) is 38.8 Å². The second kappa shape index (κ2) is 6.43. The van der Waals surface area contributed by atoms with E-state index in [-0.39, 0.29) is 5.91 Å². The van der Waals surface area contributed by atoms with Gasteiger partial charge in [0.15, 0.2) is 0 Å². The van der Waals surface area contributed by atoms with Crippen molar-refractivity contribution in [3.05, 3.63) is 24.0 Å². The van der Waals surface area contributed by atoms with Gasteiger partial charge in [-0.15, -0.1) is 0 Å². The molecule has 21 heavy (non-hydrogen) atoms. The van der Waals surface area contributed by atoms with Crippen LogP contribution in [-0.4, -0.2) is 47.5 Å². The lowest BCUT2D eigenvalue weighted by molar-refractivity contribution is 0.0951. The predicted molar refractivity (Wildman–Crippen MR) is 83.5 cm³/mol. The molecule has 0 bridgehead atoms. The van der Waals surface area contributed by atoms with Gasteiger partial charge in [0.1, 0.15) is 5.69 Å².